The van der Waals surface area contributed by atoms with Crippen molar-refractivity contribution in [2.75, 3.05) is 25.0 Å². The van der Waals surface area contributed by atoms with Crippen molar-refractivity contribution in [2.45, 2.75) is 32.7 Å². The maximum atomic E-state index is 12.2. The zero-order chi connectivity index (χ0) is 17.1. The average molecular weight is 328 g/mol. The van der Waals surface area contributed by atoms with Crippen LogP contribution in [0.15, 0.2) is 30.7 Å². The Morgan fingerprint density at radius 2 is 2.04 bits per heavy atom. The molecule has 2 aromatic heterocycles. The molecule has 0 unspecified atom stereocenters. The summed E-state index contributed by atoms with van der Waals surface area (Å²) in [6.45, 7) is 5.67. The van der Waals surface area contributed by atoms with Crippen molar-refractivity contribution in [3.8, 4) is 5.95 Å². The molecule has 1 amide bonds. The Labute approximate surface area is 142 Å². The SMILES string of the molecule is CC(C)C(=O)N(C)C1CCN(c2ccnc(-n3cccn3)n2)CC1. The van der Waals surface area contributed by atoms with E-state index in [1.165, 1.54) is 0 Å². The summed E-state index contributed by atoms with van der Waals surface area (Å²) in [7, 11) is 1.92. The molecule has 0 spiro atoms. The third kappa shape index (κ3) is 3.39. The van der Waals surface area contributed by atoms with Gasteiger partial charge in [-0.1, -0.05) is 13.8 Å². The quantitative estimate of drug-likeness (QED) is 0.855. The zero-order valence-corrected chi connectivity index (χ0v) is 14.5. The lowest BCUT2D eigenvalue weighted by molar-refractivity contribution is -0.135. The highest BCUT2D eigenvalue weighted by Crippen LogP contribution is 2.21. The molecule has 0 aliphatic carbocycles. The Bertz CT molecular complexity index is 676. The standard InChI is InChI=1S/C17H24N6O/c1-13(2)16(24)21(3)14-6-11-22(12-7-14)15-5-9-18-17(20-15)23-10-4-8-19-23/h4-5,8-10,13-14H,6-7,11-12H2,1-3H3. The Balaban J connectivity index is 1.65. The maximum absolute atomic E-state index is 12.2. The molecule has 1 fully saturated rings. The highest BCUT2D eigenvalue weighted by atomic mass is 16.2. The number of carbonyl (C=O) groups excluding carboxylic acids is 1. The van der Waals surface area contributed by atoms with Crippen LogP contribution in [0.2, 0.25) is 0 Å². The summed E-state index contributed by atoms with van der Waals surface area (Å²) in [6.07, 6.45) is 7.22. The van der Waals surface area contributed by atoms with Gasteiger partial charge in [0.15, 0.2) is 0 Å². The first kappa shape index (κ1) is 16.4. The Morgan fingerprint density at radius 1 is 1.29 bits per heavy atom. The van der Waals surface area contributed by atoms with Crippen molar-refractivity contribution in [1.29, 1.82) is 0 Å². The van der Waals surface area contributed by atoms with E-state index in [-0.39, 0.29) is 11.8 Å². The number of hydrogen-bond donors (Lipinski definition) is 0. The minimum absolute atomic E-state index is 0.0477. The molecule has 0 bridgehead atoms. The molecule has 0 saturated carbocycles. The van der Waals surface area contributed by atoms with Crippen LogP contribution in [0.5, 0.6) is 0 Å². The molecule has 128 valence electrons. The van der Waals surface area contributed by atoms with Gasteiger partial charge in [-0.15, -0.1) is 0 Å². The van der Waals surface area contributed by atoms with Crippen molar-refractivity contribution in [3.05, 3.63) is 30.7 Å². The van der Waals surface area contributed by atoms with E-state index < -0.39 is 0 Å². The number of piperidine rings is 1. The fourth-order valence-corrected chi connectivity index (χ4v) is 3.08. The molecule has 0 atom stereocenters. The van der Waals surface area contributed by atoms with Gasteiger partial charge >= 0.3 is 0 Å². The van der Waals surface area contributed by atoms with Gasteiger partial charge in [0.1, 0.15) is 5.82 Å². The van der Waals surface area contributed by atoms with Gasteiger partial charge in [-0.25, -0.2) is 9.67 Å². The van der Waals surface area contributed by atoms with Crippen LogP contribution in [0.4, 0.5) is 5.82 Å². The minimum Gasteiger partial charge on any atom is -0.356 e. The summed E-state index contributed by atoms with van der Waals surface area (Å²) < 4.78 is 1.66. The first-order chi connectivity index (χ1) is 11.6. The third-order valence-corrected chi connectivity index (χ3v) is 4.52. The van der Waals surface area contributed by atoms with Crippen LogP contribution in [-0.2, 0) is 4.79 Å². The zero-order valence-electron chi connectivity index (χ0n) is 14.5. The second-order valence-corrected chi connectivity index (χ2v) is 6.49. The molecular formula is C17H24N6O. The first-order valence-electron chi connectivity index (χ1n) is 8.41. The molecule has 0 N–H and O–H groups in total. The van der Waals surface area contributed by atoms with Gasteiger partial charge in [0.05, 0.1) is 0 Å². The summed E-state index contributed by atoms with van der Waals surface area (Å²) in [5, 5.41) is 4.17. The molecule has 0 radical (unpaired) electrons. The van der Waals surface area contributed by atoms with Gasteiger partial charge in [-0.3, -0.25) is 4.79 Å². The predicted molar refractivity (Wildman–Crippen MR) is 92.0 cm³/mol. The van der Waals surface area contributed by atoms with Crippen LogP contribution in [0.25, 0.3) is 5.95 Å². The summed E-state index contributed by atoms with van der Waals surface area (Å²) in [5.74, 6) is 1.75. The van der Waals surface area contributed by atoms with E-state index in [2.05, 4.69) is 20.0 Å². The molecule has 7 nitrogen and oxygen atoms in total. The molecule has 1 aliphatic heterocycles. The van der Waals surface area contributed by atoms with E-state index in [0.717, 1.165) is 31.7 Å². The van der Waals surface area contributed by atoms with Crippen LogP contribution in [0.1, 0.15) is 26.7 Å². The van der Waals surface area contributed by atoms with E-state index in [9.17, 15) is 4.79 Å². The van der Waals surface area contributed by atoms with Crippen molar-refractivity contribution in [3.63, 3.8) is 0 Å². The van der Waals surface area contributed by atoms with Crippen molar-refractivity contribution in [2.24, 2.45) is 5.92 Å². The lowest BCUT2D eigenvalue weighted by Crippen LogP contribution is -2.47. The molecule has 1 saturated heterocycles. The minimum atomic E-state index is 0.0477. The molecule has 2 aromatic rings. The second-order valence-electron chi connectivity index (χ2n) is 6.49. The Hall–Kier alpha value is -2.44. The van der Waals surface area contributed by atoms with E-state index in [4.69, 9.17) is 0 Å². The largest absolute Gasteiger partial charge is 0.356 e. The van der Waals surface area contributed by atoms with Crippen LogP contribution in [-0.4, -0.2) is 56.7 Å². The number of amides is 1. The maximum Gasteiger partial charge on any atom is 0.252 e. The van der Waals surface area contributed by atoms with Gasteiger partial charge in [-0.2, -0.15) is 10.1 Å². The van der Waals surface area contributed by atoms with E-state index in [1.807, 2.05) is 44.1 Å². The van der Waals surface area contributed by atoms with Crippen LogP contribution < -0.4 is 4.90 Å². The number of anilines is 1. The molecule has 24 heavy (non-hydrogen) atoms. The average Bonchev–Trinajstić information content (AvgIpc) is 3.15. The topological polar surface area (TPSA) is 67.2 Å². The van der Waals surface area contributed by atoms with Gasteiger partial charge in [0, 0.05) is 50.7 Å². The number of rotatable bonds is 4. The fraction of sp³-hybridized carbons (Fsp3) is 0.529. The van der Waals surface area contributed by atoms with Gasteiger partial charge in [0.2, 0.25) is 5.91 Å². The number of nitrogens with zero attached hydrogens (tertiary/aromatic N) is 6. The second kappa shape index (κ2) is 6.98. The fourth-order valence-electron chi connectivity index (χ4n) is 3.08. The van der Waals surface area contributed by atoms with Crippen molar-refractivity contribution < 1.29 is 4.79 Å². The van der Waals surface area contributed by atoms with E-state index in [0.29, 0.717) is 12.0 Å². The molecular weight excluding hydrogens is 304 g/mol. The summed E-state index contributed by atoms with van der Waals surface area (Å²) >= 11 is 0. The molecule has 7 heteroatoms. The smallest absolute Gasteiger partial charge is 0.252 e. The summed E-state index contributed by atoms with van der Waals surface area (Å²) in [5.41, 5.74) is 0. The molecule has 3 heterocycles. The normalized spacial score (nSPS) is 15.8. The summed E-state index contributed by atoms with van der Waals surface area (Å²) in [4.78, 5) is 25.2. The lowest BCUT2D eigenvalue weighted by atomic mass is 10.0. The lowest BCUT2D eigenvalue weighted by Gasteiger charge is -2.37. The molecule has 1 aliphatic rings. The Morgan fingerprint density at radius 3 is 2.67 bits per heavy atom. The monoisotopic (exact) mass is 328 g/mol. The van der Waals surface area contributed by atoms with Crippen molar-refractivity contribution in [1.82, 2.24) is 24.6 Å². The van der Waals surface area contributed by atoms with Gasteiger partial charge in [-0.05, 0) is 25.0 Å². The predicted octanol–water partition coefficient (Wildman–Crippen LogP) is 1.75. The van der Waals surface area contributed by atoms with E-state index >= 15 is 0 Å². The van der Waals surface area contributed by atoms with Crippen molar-refractivity contribution >= 4 is 11.7 Å². The van der Waals surface area contributed by atoms with Crippen LogP contribution in [0, 0.1) is 5.92 Å². The summed E-state index contributed by atoms with van der Waals surface area (Å²) in [6, 6.07) is 4.09. The third-order valence-electron chi connectivity index (χ3n) is 4.52. The number of hydrogen-bond acceptors (Lipinski definition) is 5. The van der Waals surface area contributed by atoms with E-state index in [1.54, 1.807) is 17.1 Å². The number of aromatic nitrogens is 4. The van der Waals surface area contributed by atoms with Gasteiger partial charge < -0.3 is 9.80 Å². The molecule has 0 aromatic carbocycles. The van der Waals surface area contributed by atoms with Crippen LogP contribution in [0.3, 0.4) is 0 Å². The first-order valence-corrected chi connectivity index (χ1v) is 8.41. The molecule has 3 rings (SSSR count). The Kier molecular flexibility index (Phi) is 4.78. The van der Waals surface area contributed by atoms with Crippen LogP contribution >= 0.6 is 0 Å². The highest BCUT2D eigenvalue weighted by Gasteiger charge is 2.27. The number of carbonyl (C=O) groups is 1. The van der Waals surface area contributed by atoms with Gasteiger partial charge in [0.25, 0.3) is 5.95 Å². The highest BCUT2D eigenvalue weighted by molar-refractivity contribution is 5.78.